The second kappa shape index (κ2) is 4.00. The molecular formula is C9H9F3NO2+. The van der Waals surface area contributed by atoms with Crippen LogP contribution >= 0.6 is 0 Å². The Morgan fingerprint density at radius 3 is 2.40 bits per heavy atom. The first-order valence-electron chi connectivity index (χ1n) is 4.06. The molecule has 0 unspecified atom stereocenters. The van der Waals surface area contributed by atoms with Gasteiger partial charge in [0.25, 0.3) is 0 Å². The molecule has 0 heterocycles. The molecule has 0 aliphatic carbocycles. The average Bonchev–Trinajstić information content (AvgIpc) is 2.15. The summed E-state index contributed by atoms with van der Waals surface area (Å²) in [7, 11) is 0. The molecule has 0 saturated heterocycles. The number of ketones is 1. The average molecular weight is 220 g/mol. The fourth-order valence-electron chi connectivity index (χ4n) is 1.18. The minimum Gasteiger partial charge on any atom is -0.294 e. The van der Waals surface area contributed by atoms with Crippen molar-refractivity contribution in [3.8, 4) is 0 Å². The van der Waals surface area contributed by atoms with E-state index >= 15 is 0 Å². The van der Waals surface area contributed by atoms with Gasteiger partial charge in [-0.2, -0.15) is 18.7 Å². The van der Waals surface area contributed by atoms with Gasteiger partial charge in [-0.15, -0.1) is 0 Å². The van der Waals surface area contributed by atoms with Crippen molar-refractivity contribution in [2.45, 2.75) is 13.1 Å². The first kappa shape index (κ1) is 11.7. The van der Waals surface area contributed by atoms with Gasteiger partial charge in [-0.3, -0.25) is 4.79 Å². The SMILES string of the molecule is CC(=O)c1ccc([NH2+]O)cc1C(F)(F)F. The van der Waals surface area contributed by atoms with E-state index in [4.69, 9.17) is 5.21 Å². The Balaban J connectivity index is 3.36. The Hall–Kier alpha value is -1.40. The minimum absolute atomic E-state index is 0.00678. The fraction of sp³-hybridized carbons (Fsp3) is 0.222. The molecule has 3 nitrogen and oxygen atoms in total. The molecule has 0 atom stereocenters. The van der Waals surface area contributed by atoms with Gasteiger partial charge in [0.05, 0.1) is 5.56 Å². The van der Waals surface area contributed by atoms with Gasteiger partial charge in [0.15, 0.2) is 11.5 Å². The molecule has 0 aliphatic heterocycles. The van der Waals surface area contributed by atoms with Gasteiger partial charge >= 0.3 is 6.18 Å². The molecule has 1 aromatic carbocycles. The van der Waals surface area contributed by atoms with E-state index in [1.807, 2.05) is 0 Å². The number of benzene rings is 1. The van der Waals surface area contributed by atoms with E-state index < -0.39 is 23.1 Å². The number of carbonyl (C=O) groups is 1. The van der Waals surface area contributed by atoms with Gasteiger partial charge < -0.3 is 0 Å². The zero-order valence-electron chi connectivity index (χ0n) is 7.80. The van der Waals surface area contributed by atoms with Crippen molar-refractivity contribution in [1.29, 1.82) is 0 Å². The zero-order chi connectivity index (χ0) is 11.6. The number of hydrogen-bond acceptors (Lipinski definition) is 2. The molecule has 0 amide bonds. The Kier molecular flexibility index (Phi) is 3.11. The van der Waals surface area contributed by atoms with E-state index in [2.05, 4.69) is 0 Å². The van der Waals surface area contributed by atoms with E-state index in [0.717, 1.165) is 19.1 Å². The Bertz CT molecular complexity index is 387. The van der Waals surface area contributed by atoms with Crippen LogP contribution in [-0.4, -0.2) is 11.0 Å². The third-order valence-electron chi connectivity index (χ3n) is 1.88. The monoisotopic (exact) mass is 220 g/mol. The summed E-state index contributed by atoms with van der Waals surface area (Å²) in [6.45, 7) is 1.06. The minimum atomic E-state index is -4.60. The van der Waals surface area contributed by atoms with Gasteiger partial charge in [-0.05, 0) is 13.0 Å². The molecule has 0 spiro atoms. The normalized spacial score (nSPS) is 11.5. The lowest BCUT2D eigenvalue weighted by Crippen LogP contribution is -2.73. The lowest BCUT2D eigenvalue weighted by atomic mass is 10.0. The van der Waals surface area contributed by atoms with Crippen molar-refractivity contribution in [3.05, 3.63) is 29.3 Å². The van der Waals surface area contributed by atoms with E-state index in [1.54, 1.807) is 0 Å². The quantitative estimate of drug-likeness (QED) is 0.450. The number of nitrogens with two attached hydrogens (primary N) is 1. The van der Waals surface area contributed by atoms with Crippen molar-refractivity contribution in [1.82, 2.24) is 0 Å². The molecule has 3 N–H and O–H groups in total. The number of rotatable bonds is 2. The highest BCUT2D eigenvalue weighted by Crippen LogP contribution is 2.33. The van der Waals surface area contributed by atoms with Crippen LogP contribution in [0.1, 0.15) is 22.8 Å². The van der Waals surface area contributed by atoms with Crippen molar-refractivity contribution in [2.24, 2.45) is 0 Å². The summed E-state index contributed by atoms with van der Waals surface area (Å²) in [5.74, 6) is -0.660. The number of halogens is 3. The number of alkyl halides is 3. The van der Waals surface area contributed by atoms with Crippen LogP contribution in [0, 0.1) is 0 Å². The molecule has 1 aromatic rings. The highest BCUT2D eigenvalue weighted by molar-refractivity contribution is 5.96. The molecule has 82 valence electrons. The van der Waals surface area contributed by atoms with E-state index in [0.29, 0.717) is 5.48 Å². The smallest absolute Gasteiger partial charge is 0.294 e. The summed E-state index contributed by atoms with van der Waals surface area (Å²) in [5, 5.41) is 8.58. The Morgan fingerprint density at radius 2 is 2.00 bits per heavy atom. The van der Waals surface area contributed by atoms with Crippen LogP contribution in [0.2, 0.25) is 0 Å². The van der Waals surface area contributed by atoms with Crippen LogP contribution in [-0.2, 0) is 6.18 Å². The Labute approximate surface area is 83.5 Å². The van der Waals surface area contributed by atoms with Crippen LogP contribution in [0.5, 0.6) is 0 Å². The lowest BCUT2D eigenvalue weighted by Gasteiger charge is -2.10. The molecule has 0 saturated carbocycles. The molecule has 15 heavy (non-hydrogen) atoms. The summed E-state index contributed by atoms with van der Waals surface area (Å²) in [4.78, 5) is 10.9. The first-order chi connectivity index (χ1) is 6.86. The van der Waals surface area contributed by atoms with Crippen LogP contribution in [0.25, 0.3) is 0 Å². The third kappa shape index (κ3) is 2.54. The second-order valence-corrected chi connectivity index (χ2v) is 2.99. The van der Waals surface area contributed by atoms with E-state index in [-0.39, 0.29) is 5.69 Å². The lowest BCUT2D eigenvalue weighted by molar-refractivity contribution is -0.825. The summed E-state index contributed by atoms with van der Waals surface area (Å²) >= 11 is 0. The highest BCUT2D eigenvalue weighted by atomic mass is 19.4. The molecule has 0 aromatic heterocycles. The number of Topliss-reactive ketones (excluding diaryl/α,β-unsaturated/α-hetero) is 1. The van der Waals surface area contributed by atoms with Gasteiger partial charge in [-0.1, -0.05) is 0 Å². The van der Waals surface area contributed by atoms with Crippen molar-refractivity contribution in [3.63, 3.8) is 0 Å². The first-order valence-corrected chi connectivity index (χ1v) is 4.06. The van der Waals surface area contributed by atoms with Gasteiger partial charge in [-0.25, -0.2) is 5.21 Å². The maximum absolute atomic E-state index is 12.5. The standard InChI is InChI=1S/C9H8F3NO2/c1-5(14)7-3-2-6(13-15)4-8(7)9(10,11)12/h2-4,13,15H,1H3/p+1. The van der Waals surface area contributed by atoms with Crippen molar-refractivity contribution in [2.75, 3.05) is 0 Å². The summed E-state index contributed by atoms with van der Waals surface area (Å²) in [6, 6.07) is 3.02. The maximum atomic E-state index is 12.5. The number of hydrogen-bond donors (Lipinski definition) is 2. The maximum Gasteiger partial charge on any atom is 0.417 e. The highest BCUT2D eigenvalue weighted by Gasteiger charge is 2.35. The molecule has 0 bridgehead atoms. The van der Waals surface area contributed by atoms with Crippen molar-refractivity contribution < 1.29 is 28.7 Å². The zero-order valence-corrected chi connectivity index (χ0v) is 7.80. The summed E-state index contributed by atoms with van der Waals surface area (Å²) in [5.41, 5.74) is -0.864. The molecule has 1 rings (SSSR count). The molecule has 6 heteroatoms. The van der Waals surface area contributed by atoms with E-state index in [9.17, 15) is 18.0 Å². The van der Waals surface area contributed by atoms with Gasteiger partial charge in [0.2, 0.25) is 0 Å². The van der Waals surface area contributed by atoms with Crippen LogP contribution in [0.3, 0.4) is 0 Å². The number of carbonyl (C=O) groups excluding carboxylic acids is 1. The predicted molar refractivity (Wildman–Crippen MR) is 44.8 cm³/mol. The summed E-state index contributed by atoms with van der Waals surface area (Å²) < 4.78 is 37.4. The predicted octanol–water partition coefficient (Wildman–Crippen LogP) is 1.49. The largest absolute Gasteiger partial charge is 0.417 e. The third-order valence-corrected chi connectivity index (χ3v) is 1.88. The van der Waals surface area contributed by atoms with E-state index in [1.165, 1.54) is 6.07 Å². The van der Waals surface area contributed by atoms with Crippen LogP contribution in [0.15, 0.2) is 18.2 Å². The molecular weight excluding hydrogens is 211 g/mol. The van der Waals surface area contributed by atoms with Gasteiger partial charge in [0.1, 0.15) is 0 Å². The van der Waals surface area contributed by atoms with Crippen LogP contribution < -0.4 is 5.48 Å². The molecule has 0 fully saturated rings. The Morgan fingerprint density at radius 1 is 1.40 bits per heavy atom. The van der Waals surface area contributed by atoms with Crippen LogP contribution in [0.4, 0.5) is 18.9 Å². The molecule has 0 aliphatic rings. The second-order valence-electron chi connectivity index (χ2n) is 2.99. The summed E-state index contributed by atoms with van der Waals surface area (Å²) in [6.07, 6.45) is -4.60. The fourth-order valence-corrected chi connectivity index (χ4v) is 1.18. The number of quaternary nitrogens is 1. The topological polar surface area (TPSA) is 53.9 Å². The van der Waals surface area contributed by atoms with Gasteiger partial charge in [0, 0.05) is 17.7 Å². The molecule has 0 radical (unpaired) electrons. The van der Waals surface area contributed by atoms with Crippen molar-refractivity contribution >= 4 is 11.5 Å².